The molecule has 1 atom stereocenters. The maximum absolute atomic E-state index is 13.0. The van der Waals surface area contributed by atoms with Crippen LogP contribution in [0, 0.1) is 0 Å². The molecule has 1 aromatic heterocycles. The standard InChI is InChI=1S/C20H21ClN4O2S2/c1-3-13-28-20-23-22-19(25(20)2)18(14-15-7-5-4-6-8-15)24-29(26,27)17-11-9-16(21)10-12-17/h3-12,18,24H,1,13-14H2,2H3/t18-/m0/s1. The van der Waals surface area contributed by atoms with E-state index in [9.17, 15) is 8.42 Å². The summed E-state index contributed by atoms with van der Waals surface area (Å²) < 4.78 is 30.5. The molecule has 0 amide bonds. The van der Waals surface area contributed by atoms with Crippen molar-refractivity contribution >= 4 is 33.4 Å². The van der Waals surface area contributed by atoms with E-state index in [1.807, 2.05) is 41.9 Å². The van der Waals surface area contributed by atoms with E-state index in [-0.39, 0.29) is 4.90 Å². The molecule has 0 spiro atoms. The van der Waals surface area contributed by atoms with Crippen LogP contribution in [0.5, 0.6) is 0 Å². The summed E-state index contributed by atoms with van der Waals surface area (Å²) in [5.41, 5.74) is 0.986. The van der Waals surface area contributed by atoms with Crippen LogP contribution in [0.4, 0.5) is 0 Å². The van der Waals surface area contributed by atoms with Gasteiger partial charge in [0, 0.05) is 17.8 Å². The maximum Gasteiger partial charge on any atom is 0.241 e. The maximum atomic E-state index is 13.0. The summed E-state index contributed by atoms with van der Waals surface area (Å²) in [6.07, 6.45) is 2.22. The van der Waals surface area contributed by atoms with Gasteiger partial charge in [0.2, 0.25) is 10.0 Å². The average Bonchev–Trinajstić information content (AvgIpc) is 3.07. The minimum absolute atomic E-state index is 0.142. The molecule has 3 rings (SSSR count). The number of halogens is 1. The van der Waals surface area contributed by atoms with E-state index < -0.39 is 16.1 Å². The summed E-state index contributed by atoms with van der Waals surface area (Å²) in [6.45, 7) is 3.71. The average molecular weight is 449 g/mol. The molecule has 3 aromatic rings. The Morgan fingerprint density at radius 1 is 1.17 bits per heavy atom. The number of thioether (sulfide) groups is 1. The molecule has 0 saturated heterocycles. The van der Waals surface area contributed by atoms with Crippen LogP contribution in [0.2, 0.25) is 5.02 Å². The van der Waals surface area contributed by atoms with Crippen molar-refractivity contribution in [3.63, 3.8) is 0 Å². The minimum Gasteiger partial charge on any atom is -0.308 e. The van der Waals surface area contributed by atoms with Gasteiger partial charge < -0.3 is 4.57 Å². The Balaban J connectivity index is 1.94. The molecule has 0 aliphatic heterocycles. The van der Waals surface area contributed by atoms with Crippen LogP contribution < -0.4 is 4.72 Å². The Morgan fingerprint density at radius 3 is 2.52 bits per heavy atom. The first-order valence-corrected chi connectivity index (χ1v) is 11.7. The van der Waals surface area contributed by atoms with Crippen molar-refractivity contribution in [2.24, 2.45) is 7.05 Å². The Kier molecular flexibility index (Phi) is 7.13. The van der Waals surface area contributed by atoms with Crippen LogP contribution in [0.25, 0.3) is 0 Å². The monoisotopic (exact) mass is 448 g/mol. The smallest absolute Gasteiger partial charge is 0.241 e. The Hall–Kier alpha value is -2.13. The summed E-state index contributed by atoms with van der Waals surface area (Å²) in [5.74, 6) is 1.23. The van der Waals surface area contributed by atoms with Gasteiger partial charge in [-0.1, -0.05) is 59.8 Å². The van der Waals surface area contributed by atoms with Gasteiger partial charge in [-0.05, 0) is 36.2 Å². The molecule has 0 radical (unpaired) electrons. The highest BCUT2D eigenvalue weighted by molar-refractivity contribution is 7.99. The van der Waals surface area contributed by atoms with Gasteiger partial charge in [0.1, 0.15) is 0 Å². The molecule has 2 aromatic carbocycles. The third kappa shape index (κ3) is 5.48. The lowest BCUT2D eigenvalue weighted by Gasteiger charge is -2.18. The molecule has 29 heavy (non-hydrogen) atoms. The predicted molar refractivity (Wildman–Crippen MR) is 117 cm³/mol. The van der Waals surface area contributed by atoms with E-state index in [0.29, 0.717) is 28.2 Å². The van der Waals surface area contributed by atoms with Crippen LogP contribution in [0.3, 0.4) is 0 Å². The summed E-state index contributed by atoms with van der Waals surface area (Å²) in [5, 5.41) is 9.64. The van der Waals surface area contributed by atoms with Gasteiger partial charge in [0.25, 0.3) is 0 Å². The molecule has 0 bridgehead atoms. The highest BCUT2D eigenvalue weighted by Gasteiger charge is 2.26. The van der Waals surface area contributed by atoms with Crippen LogP contribution >= 0.6 is 23.4 Å². The molecular formula is C20H21ClN4O2S2. The number of nitrogens with zero attached hydrogens (tertiary/aromatic N) is 3. The normalized spacial score (nSPS) is 12.6. The van der Waals surface area contributed by atoms with Gasteiger partial charge >= 0.3 is 0 Å². The third-order valence-electron chi connectivity index (χ3n) is 4.21. The predicted octanol–water partition coefficient (Wildman–Crippen LogP) is 4.01. The van der Waals surface area contributed by atoms with Crippen molar-refractivity contribution in [2.45, 2.75) is 22.5 Å². The Labute approximate surface area is 180 Å². The number of hydrogen-bond donors (Lipinski definition) is 1. The summed E-state index contributed by atoms with van der Waals surface area (Å²) >= 11 is 7.38. The first-order chi connectivity index (χ1) is 13.9. The van der Waals surface area contributed by atoms with Crippen LogP contribution in [0.15, 0.2) is 77.3 Å². The fraction of sp³-hybridized carbons (Fsp3) is 0.200. The summed E-state index contributed by atoms with van der Waals surface area (Å²) in [6, 6.07) is 15.1. The molecule has 0 unspecified atom stereocenters. The molecule has 0 saturated carbocycles. The van der Waals surface area contributed by atoms with Gasteiger partial charge in [-0.25, -0.2) is 13.1 Å². The first kappa shape index (κ1) is 21.6. The van der Waals surface area contributed by atoms with Crippen molar-refractivity contribution in [2.75, 3.05) is 5.75 Å². The largest absolute Gasteiger partial charge is 0.308 e. The third-order valence-corrected chi connectivity index (χ3v) is 6.97. The number of nitrogens with one attached hydrogen (secondary N) is 1. The highest BCUT2D eigenvalue weighted by Crippen LogP contribution is 2.24. The number of benzene rings is 2. The highest BCUT2D eigenvalue weighted by atomic mass is 35.5. The zero-order valence-corrected chi connectivity index (χ0v) is 18.2. The zero-order chi connectivity index (χ0) is 20.9. The number of rotatable bonds is 9. The van der Waals surface area contributed by atoms with Crippen molar-refractivity contribution in [1.29, 1.82) is 0 Å². The lowest BCUT2D eigenvalue weighted by molar-refractivity contribution is 0.530. The van der Waals surface area contributed by atoms with Crippen LogP contribution in [-0.4, -0.2) is 28.9 Å². The van der Waals surface area contributed by atoms with Gasteiger partial charge in [-0.3, -0.25) is 0 Å². The van der Waals surface area contributed by atoms with Gasteiger partial charge in [-0.2, -0.15) is 0 Å². The van der Waals surface area contributed by atoms with E-state index in [2.05, 4.69) is 21.5 Å². The topological polar surface area (TPSA) is 76.9 Å². The molecule has 152 valence electrons. The van der Waals surface area contributed by atoms with E-state index in [1.54, 1.807) is 18.2 Å². The molecule has 0 aliphatic carbocycles. The minimum atomic E-state index is -3.78. The van der Waals surface area contributed by atoms with E-state index in [1.165, 1.54) is 23.9 Å². The quantitative estimate of drug-likeness (QED) is 0.395. The molecule has 1 N–H and O–H groups in total. The number of aromatic nitrogens is 3. The van der Waals surface area contributed by atoms with Gasteiger partial charge in [-0.15, -0.1) is 16.8 Å². The zero-order valence-electron chi connectivity index (χ0n) is 15.8. The van der Waals surface area contributed by atoms with Crippen molar-refractivity contribution < 1.29 is 8.42 Å². The fourth-order valence-corrected chi connectivity index (χ4v) is 4.77. The van der Waals surface area contributed by atoms with Crippen LogP contribution in [-0.2, 0) is 23.5 Å². The van der Waals surface area contributed by atoms with Gasteiger partial charge in [0.15, 0.2) is 11.0 Å². The molecule has 9 heteroatoms. The van der Waals surface area contributed by atoms with E-state index in [0.717, 1.165) is 5.56 Å². The lowest BCUT2D eigenvalue weighted by Crippen LogP contribution is -2.32. The van der Waals surface area contributed by atoms with Crippen LogP contribution in [0.1, 0.15) is 17.4 Å². The van der Waals surface area contributed by atoms with E-state index in [4.69, 9.17) is 11.6 Å². The second-order valence-corrected chi connectivity index (χ2v) is 9.45. The molecular weight excluding hydrogens is 428 g/mol. The molecule has 0 aliphatic rings. The second-order valence-electron chi connectivity index (χ2n) is 6.32. The van der Waals surface area contributed by atoms with Crippen molar-refractivity contribution in [3.05, 3.63) is 83.7 Å². The Morgan fingerprint density at radius 2 is 1.86 bits per heavy atom. The number of hydrogen-bond acceptors (Lipinski definition) is 5. The Bertz CT molecular complexity index is 1070. The lowest BCUT2D eigenvalue weighted by atomic mass is 10.1. The summed E-state index contributed by atoms with van der Waals surface area (Å²) in [7, 11) is -1.95. The SMILES string of the molecule is C=CCSc1nnc([C@H](Cc2ccccc2)NS(=O)(=O)c2ccc(Cl)cc2)n1C. The molecule has 0 fully saturated rings. The molecule has 1 heterocycles. The van der Waals surface area contributed by atoms with Crippen molar-refractivity contribution in [1.82, 2.24) is 19.5 Å². The first-order valence-electron chi connectivity index (χ1n) is 8.85. The van der Waals surface area contributed by atoms with Gasteiger partial charge in [0.05, 0.1) is 10.9 Å². The van der Waals surface area contributed by atoms with Crippen molar-refractivity contribution in [3.8, 4) is 0 Å². The fourth-order valence-electron chi connectivity index (χ4n) is 2.79. The van der Waals surface area contributed by atoms with E-state index >= 15 is 0 Å². The molecule has 6 nitrogen and oxygen atoms in total. The second kappa shape index (κ2) is 9.58. The number of sulfonamides is 1. The summed E-state index contributed by atoms with van der Waals surface area (Å²) in [4.78, 5) is 0.142.